The number of nitrogens with zero attached hydrogens (tertiary/aromatic N) is 2. The van der Waals surface area contributed by atoms with Gasteiger partial charge in [-0.25, -0.2) is 4.68 Å². The molecule has 1 aromatic heterocycles. The number of nitrogens with one attached hydrogen (secondary N) is 2. The number of benzene rings is 1. The molecule has 3 rings (SSSR count). The van der Waals surface area contributed by atoms with Gasteiger partial charge in [-0.3, -0.25) is 9.59 Å². The lowest BCUT2D eigenvalue weighted by Gasteiger charge is -2.12. The Morgan fingerprint density at radius 2 is 2.08 bits per heavy atom. The van der Waals surface area contributed by atoms with E-state index in [2.05, 4.69) is 15.7 Å². The van der Waals surface area contributed by atoms with Gasteiger partial charge in [-0.15, -0.1) is 0 Å². The normalized spacial score (nSPS) is 12.8. The molecule has 1 aromatic carbocycles. The number of hydrogen-bond acceptors (Lipinski definition) is 5. The molecular weight excluding hydrogens is 328 g/mol. The van der Waals surface area contributed by atoms with E-state index >= 15 is 0 Å². The number of anilines is 1. The summed E-state index contributed by atoms with van der Waals surface area (Å²) in [5, 5.41) is 18.4. The van der Waals surface area contributed by atoms with Crippen LogP contribution in [0.4, 0.5) is 5.82 Å². The predicted octanol–water partition coefficient (Wildman–Crippen LogP) is 0.975. The van der Waals surface area contributed by atoms with E-state index in [9.17, 15) is 9.59 Å². The smallest absolute Gasteiger partial charge is 0.314 e. The Hall–Kier alpha value is -2.32. The van der Waals surface area contributed by atoms with Gasteiger partial charge in [-0.1, -0.05) is 18.2 Å². The third kappa shape index (κ3) is 3.15. The second-order valence-electron chi connectivity index (χ2n) is 5.40. The van der Waals surface area contributed by atoms with Crippen molar-refractivity contribution >= 4 is 29.4 Å². The SMILES string of the molecule is Cc1ccccc1-n1nc2c(c1NC(=O)C(=O)NCCO)CSC2. The van der Waals surface area contributed by atoms with Gasteiger partial charge in [0.05, 0.1) is 18.0 Å². The first-order valence-electron chi connectivity index (χ1n) is 7.56. The molecule has 0 atom stereocenters. The van der Waals surface area contributed by atoms with Crippen molar-refractivity contribution in [3.8, 4) is 5.69 Å². The number of amides is 2. The fourth-order valence-corrected chi connectivity index (χ4v) is 3.57. The summed E-state index contributed by atoms with van der Waals surface area (Å²) in [4.78, 5) is 23.9. The van der Waals surface area contributed by atoms with E-state index in [0.717, 1.165) is 34.0 Å². The van der Waals surface area contributed by atoms with Crippen LogP contribution in [0.5, 0.6) is 0 Å². The standard InChI is InChI=1S/C16H18N4O3S/c1-10-4-2-3-5-13(10)20-14(11-8-24-9-12(11)19-20)18-16(23)15(22)17-6-7-21/h2-5,21H,6-9H2,1H3,(H,17,22)(H,18,23). The molecule has 3 N–H and O–H groups in total. The Labute approximate surface area is 143 Å². The van der Waals surface area contributed by atoms with Crippen molar-refractivity contribution in [3.63, 3.8) is 0 Å². The number of thioether (sulfide) groups is 1. The largest absolute Gasteiger partial charge is 0.395 e. The van der Waals surface area contributed by atoms with Crippen molar-refractivity contribution in [2.75, 3.05) is 18.5 Å². The summed E-state index contributed by atoms with van der Waals surface area (Å²) in [5.74, 6) is 0.524. The number of fused-ring (bicyclic) bond motifs is 1. The third-order valence-electron chi connectivity index (χ3n) is 3.73. The van der Waals surface area contributed by atoms with Crippen molar-refractivity contribution in [2.45, 2.75) is 18.4 Å². The van der Waals surface area contributed by atoms with Crippen LogP contribution in [0.25, 0.3) is 5.69 Å². The lowest BCUT2D eigenvalue weighted by atomic mass is 10.2. The van der Waals surface area contributed by atoms with E-state index in [-0.39, 0.29) is 13.2 Å². The fraction of sp³-hybridized carbons (Fsp3) is 0.312. The predicted molar refractivity (Wildman–Crippen MR) is 92.0 cm³/mol. The summed E-state index contributed by atoms with van der Waals surface area (Å²) >= 11 is 1.72. The zero-order chi connectivity index (χ0) is 17.1. The van der Waals surface area contributed by atoms with Gasteiger partial charge in [0.1, 0.15) is 5.82 Å². The minimum atomic E-state index is -0.777. The number of hydrogen-bond donors (Lipinski definition) is 3. The van der Waals surface area contributed by atoms with Crippen molar-refractivity contribution in [3.05, 3.63) is 41.1 Å². The summed E-state index contributed by atoms with van der Waals surface area (Å²) in [7, 11) is 0. The van der Waals surface area contributed by atoms with Gasteiger partial charge in [-0.05, 0) is 18.6 Å². The van der Waals surface area contributed by atoms with E-state index in [1.807, 2.05) is 31.2 Å². The lowest BCUT2D eigenvalue weighted by Crippen LogP contribution is -2.37. The van der Waals surface area contributed by atoms with Gasteiger partial charge in [0.2, 0.25) is 0 Å². The molecule has 24 heavy (non-hydrogen) atoms. The molecule has 0 unspecified atom stereocenters. The molecule has 0 fully saturated rings. The number of carbonyl (C=O) groups excluding carboxylic acids is 2. The minimum Gasteiger partial charge on any atom is -0.395 e. The quantitative estimate of drug-likeness (QED) is 0.717. The van der Waals surface area contributed by atoms with Crippen LogP contribution in [-0.4, -0.2) is 39.9 Å². The Morgan fingerprint density at radius 3 is 2.83 bits per heavy atom. The summed E-state index contributed by atoms with van der Waals surface area (Å²) in [6, 6.07) is 7.73. The highest BCUT2D eigenvalue weighted by molar-refractivity contribution is 7.98. The first-order chi connectivity index (χ1) is 11.6. The van der Waals surface area contributed by atoms with Crippen LogP contribution < -0.4 is 10.6 Å². The van der Waals surface area contributed by atoms with Crippen LogP contribution in [0.2, 0.25) is 0 Å². The molecule has 0 bridgehead atoms. The first kappa shape index (κ1) is 16.5. The molecule has 0 saturated heterocycles. The first-order valence-corrected chi connectivity index (χ1v) is 8.72. The zero-order valence-corrected chi connectivity index (χ0v) is 14.0. The number of carbonyl (C=O) groups is 2. The van der Waals surface area contributed by atoms with E-state index in [0.29, 0.717) is 5.82 Å². The number of aromatic nitrogens is 2. The Morgan fingerprint density at radius 1 is 1.29 bits per heavy atom. The van der Waals surface area contributed by atoms with Gasteiger partial charge < -0.3 is 15.7 Å². The van der Waals surface area contributed by atoms with Crippen molar-refractivity contribution in [1.82, 2.24) is 15.1 Å². The molecule has 0 spiro atoms. The number of para-hydroxylation sites is 1. The number of rotatable bonds is 4. The highest BCUT2D eigenvalue weighted by Crippen LogP contribution is 2.36. The average molecular weight is 346 g/mol. The molecule has 2 aromatic rings. The maximum Gasteiger partial charge on any atom is 0.314 e. The van der Waals surface area contributed by atoms with Crippen molar-refractivity contribution in [2.24, 2.45) is 0 Å². The van der Waals surface area contributed by atoms with E-state index in [1.54, 1.807) is 16.4 Å². The molecule has 2 heterocycles. The maximum atomic E-state index is 12.1. The van der Waals surface area contributed by atoms with Crippen molar-refractivity contribution in [1.29, 1.82) is 0 Å². The van der Waals surface area contributed by atoms with Crippen LogP contribution in [0.1, 0.15) is 16.8 Å². The van der Waals surface area contributed by atoms with Crippen LogP contribution in [0, 0.1) is 6.92 Å². The van der Waals surface area contributed by atoms with Crippen LogP contribution in [0.3, 0.4) is 0 Å². The molecule has 2 amide bonds. The molecule has 8 heteroatoms. The minimum absolute atomic E-state index is 0.0390. The molecule has 126 valence electrons. The Balaban J connectivity index is 1.94. The lowest BCUT2D eigenvalue weighted by molar-refractivity contribution is -0.136. The van der Waals surface area contributed by atoms with E-state index in [4.69, 9.17) is 5.11 Å². The number of aryl methyl sites for hydroxylation is 1. The highest BCUT2D eigenvalue weighted by Gasteiger charge is 2.26. The molecule has 1 aliphatic heterocycles. The van der Waals surface area contributed by atoms with Crippen molar-refractivity contribution < 1.29 is 14.7 Å². The van der Waals surface area contributed by atoms with Crippen LogP contribution in [-0.2, 0) is 21.1 Å². The van der Waals surface area contributed by atoms with Gasteiger partial charge in [0.15, 0.2) is 0 Å². The summed E-state index contributed by atoms with van der Waals surface area (Å²) < 4.78 is 1.69. The monoisotopic (exact) mass is 346 g/mol. The van der Waals surface area contributed by atoms with Gasteiger partial charge in [0, 0.05) is 23.6 Å². The topological polar surface area (TPSA) is 96.2 Å². The molecule has 0 radical (unpaired) electrons. The number of aliphatic hydroxyl groups is 1. The second kappa shape index (κ2) is 7.06. The second-order valence-corrected chi connectivity index (χ2v) is 6.38. The molecule has 1 aliphatic rings. The molecular formula is C16H18N4O3S. The maximum absolute atomic E-state index is 12.1. The van der Waals surface area contributed by atoms with Crippen LogP contribution in [0.15, 0.2) is 24.3 Å². The summed E-state index contributed by atoms with van der Waals surface area (Å²) in [6.45, 7) is 1.79. The van der Waals surface area contributed by atoms with Gasteiger partial charge in [-0.2, -0.15) is 16.9 Å². The summed E-state index contributed by atoms with van der Waals surface area (Å²) in [5.41, 5.74) is 3.76. The van der Waals surface area contributed by atoms with E-state index < -0.39 is 11.8 Å². The third-order valence-corrected chi connectivity index (χ3v) is 4.70. The van der Waals surface area contributed by atoms with E-state index in [1.165, 1.54) is 0 Å². The fourth-order valence-electron chi connectivity index (χ4n) is 2.53. The summed E-state index contributed by atoms with van der Waals surface area (Å²) in [6.07, 6.45) is 0. The Kier molecular flexibility index (Phi) is 4.86. The Bertz CT molecular complexity index is 788. The molecule has 0 saturated carbocycles. The molecule has 0 aliphatic carbocycles. The molecule has 7 nitrogen and oxygen atoms in total. The highest BCUT2D eigenvalue weighted by atomic mass is 32.2. The zero-order valence-electron chi connectivity index (χ0n) is 13.2. The van der Waals surface area contributed by atoms with Gasteiger partial charge >= 0.3 is 11.8 Å². The van der Waals surface area contributed by atoms with Gasteiger partial charge in [0.25, 0.3) is 0 Å². The number of aliphatic hydroxyl groups excluding tert-OH is 1. The van der Waals surface area contributed by atoms with Crippen LogP contribution >= 0.6 is 11.8 Å². The average Bonchev–Trinajstić information content (AvgIpc) is 3.15.